The van der Waals surface area contributed by atoms with Crippen molar-refractivity contribution >= 4 is 15.9 Å². The number of nitrogens with one attached hydrogen (secondary N) is 1. The Hall–Kier alpha value is -0.540. The van der Waals surface area contributed by atoms with Crippen LogP contribution in [-0.4, -0.2) is 19.2 Å². The molecule has 0 saturated carbocycles. The van der Waals surface area contributed by atoms with Crippen LogP contribution in [0.1, 0.15) is 24.0 Å². The maximum Gasteiger partial charge on any atom is 0.134 e. The van der Waals surface area contributed by atoms with Crippen LogP contribution in [0, 0.1) is 13.8 Å². The number of hydrogen-bond donors (Lipinski definition) is 1. The molecule has 0 radical (unpaired) electrons. The van der Waals surface area contributed by atoms with Gasteiger partial charge in [-0.15, -0.1) is 0 Å². The highest BCUT2D eigenvalue weighted by molar-refractivity contribution is 9.10. The smallest absolute Gasteiger partial charge is 0.134 e. The fourth-order valence-corrected chi connectivity index (χ4v) is 2.48. The predicted octanol–water partition coefficient (Wildman–Crippen LogP) is 3.20. The molecular weight excluding hydrogens is 266 g/mol. The van der Waals surface area contributed by atoms with Gasteiger partial charge in [0.2, 0.25) is 0 Å². The number of aryl methyl sites for hydroxylation is 1. The van der Waals surface area contributed by atoms with Gasteiger partial charge in [-0.25, -0.2) is 0 Å². The van der Waals surface area contributed by atoms with Gasteiger partial charge in [-0.1, -0.05) is 6.07 Å². The molecule has 88 valence electrons. The number of rotatable bonds is 2. The number of ether oxygens (including phenoxy) is 1. The standard InChI is InChI=1S/C13H18BrNO/c1-9-3-4-12(13(14)10(9)2)16-11-5-7-15-8-6-11/h3-4,11,15H,5-8H2,1-2H3. The van der Waals surface area contributed by atoms with Gasteiger partial charge in [0.15, 0.2) is 0 Å². The molecule has 0 aromatic heterocycles. The molecule has 3 heteroatoms. The SMILES string of the molecule is Cc1ccc(OC2CCNCC2)c(Br)c1C. The van der Waals surface area contributed by atoms with Gasteiger partial charge in [0, 0.05) is 0 Å². The Morgan fingerprint density at radius 2 is 1.94 bits per heavy atom. The molecule has 16 heavy (non-hydrogen) atoms. The molecule has 0 amide bonds. The molecule has 1 aliphatic rings. The Kier molecular flexibility index (Phi) is 3.87. The zero-order chi connectivity index (χ0) is 11.5. The molecule has 1 aliphatic heterocycles. The van der Waals surface area contributed by atoms with E-state index in [1.54, 1.807) is 0 Å². The minimum Gasteiger partial charge on any atom is -0.489 e. The van der Waals surface area contributed by atoms with E-state index < -0.39 is 0 Å². The quantitative estimate of drug-likeness (QED) is 0.900. The normalized spacial score (nSPS) is 17.4. The first-order chi connectivity index (χ1) is 7.68. The fourth-order valence-electron chi connectivity index (χ4n) is 1.94. The molecule has 1 aromatic carbocycles. The van der Waals surface area contributed by atoms with E-state index in [0.29, 0.717) is 6.10 Å². The van der Waals surface area contributed by atoms with Crippen molar-refractivity contribution in [3.8, 4) is 5.75 Å². The molecule has 0 unspecified atom stereocenters. The molecule has 1 N–H and O–H groups in total. The summed E-state index contributed by atoms with van der Waals surface area (Å²) in [5, 5.41) is 3.34. The molecule has 1 saturated heterocycles. The van der Waals surface area contributed by atoms with Gasteiger partial charge < -0.3 is 10.1 Å². The first kappa shape index (κ1) is 11.9. The summed E-state index contributed by atoms with van der Waals surface area (Å²) in [5.41, 5.74) is 2.57. The first-order valence-electron chi connectivity index (χ1n) is 5.81. The highest BCUT2D eigenvalue weighted by atomic mass is 79.9. The lowest BCUT2D eigenvalue weighted by Crippen LogP contribution is -2.34. The van der Waals surface area contributed by atoms with Gasteiger partial charge >= 0.3 is 0 Å². The van der Waals surface area contributed by atoms with Gasteiger partial charge in [0.1, 0.15) is 11.9 Å². The Balaban J connectivity index is 2.11. The van der Waals surface area contributed by atoms with Crippen LogP contribution in [0.5, 0.6) is 5.75 Å². The van der Waals surface area contributed by atoms with E-state index in [-0.39, 0.29) is 0 Å². The molecule has 0 spiro atoms. The van der Waals surface area contributed by atoms with Crippen molar-refractivity contribution in [2.75, 3.05) is 13.1 Å². The maximum atomic E-state index is 6.04. The van der Waals surface area contributed by atoms with Crippen molar-refractivity contribution in [1.82, 2.24) is 5.32 Å². The molecule has 1 fully saturated rings. The van der Waals surface area contributed by atoms with E-state index in [4.69, 9.17) is 4.74 Å². The Labute approximate surface area is 106 Å². The monoisotopic (exact) mass is 283 g/mol. The van der Waals surface area contributed by atoms with Crippen LogP contribution in [0.25, 0.3) is 0 Å². The van der Waals surface area contributed by atoms with Crippen molar-refractivity contribution in [1.29, 1.82) is 0 Å². The van der Waals surface area contributed by atoms with Gasteiger partial charge in [0.25, 0.3) is 0 Å². The average Bonchev–Trinajstić information content (AvgIpc) is 2.31. The molecule has 0 bridgehead atoms. The van der Waals surface area contributed by atoms with Gasteiger partial charge in [-0.3, -0.25) is 0 Å². The van der Waals surface area contributed by atoms with Crippen molar-refractivity contribution in [2.24, 2.45) is 0 Å². The van der Waals surface area contributed by atoms with Crippen LogP contribution in [0.4, 0.5) is 0 Å². The predicted molar refractivity (Wildman–Crippen MR) is 70.1 cm³/mol. The van der Waals surface area contributed by atoms with Gasteiger partial charge in [-0.2, -0.15) is 0 Å². The van der Waals surface area contributed by atoms with Crippen LogP contribution in [0.2, 0.25) is 0 Å². The summed E-state index contributed by atoms with van der Waals surface area (Å²) in [5.74, 6) is 0.981. The number of piperidine rings is 1. The summed E-state index contributed by atoms with van der Waals surface area (Å²) in [6, 6.07) is 4.19. The van der Waals surface area contributed by atoms with Gasteiger partial charge in [-0.05, 0) is 72.9 Å². The number of benzene rings is 1. The van der Waals surface area contributed by atoms with E-state index in [0.717, 1.165) is 36.2 Å². The molecule has 2 rings (SSSR count). The van der Waals surface area contributed by atoms with E-state index in [2.05, 4.69) is 47.2 Å². The van der Waals surface area contributed by atoms with Gasteiger partial charge in [0.05, 0.1) is 4.47 Å². The molecule has 2 nitrogen and oxygen atoms in total. The lowest BCUT2D eigenvalue weighted by atomic mass is 10.1. The highest BCUT2D eigenvalue weighted by Gasteiger charge is 2.16. The summed E-state index contributed by atoms with van der Waals surface area (Å²) in [4.78, 5) is 0. The zero-order valence-corrected chi connectivity index (χ0v) is 11.4. The van der Waals surface area contributed by atoms with E-state index in [1.807, 2.05) is 0 Å². The molecule has 0 aliphatic carbocycles. The highest BCUT2D eigenvalue weighted by Crippen LogP contribution is 2.31. The van der Waals surface area contributed by atoms with Crippen molar-refractivity contribution in [2.45, 2.75) is 32.8 Å². The molecule has 1 aromatic rings. The summed E-state index contributed by atoms with van der Waals surface area (Å²) in [6.45, 7) is 6.36. The first-order valence-corrected chi connectivity index (χ1v) is 6.61. The zero-order valence-electron chi connectivity index (χ0n) is 9.85. The topological polar surface area (TPSA) is 21.3 Å². The second kappa shape index (κ2) is 5.19. The second-order valence-corrected chi connectivity index (χ2v) is 5.18. The third kappa shape index (κ3) is 2.58. The Bertz CT molecular complexity index is 372. The minimum absolute atomic E-state index is 0.361. The van der Waals surface area contributed by atoms with Crippen LogP contribution in [0.3, 0.4) is 0 Å². The Morgan fingerprint density at radius 3 is 2.62 bits per heavy atom. The minimum atomic E-state index is 0.361. The summed E-state index contributed by atoms with van der Waals surface area (Å²) in [6.07, 6.45) is 2.55. The second-order valence-electron chi connectivity index (χ2n) is 4.39. The summed E-state index contributed by atoms with van der Waals surface area (Å²) < 4.78 is 7.14. The number of hydrogen-bond acceptors (Lipinski definition) is 2. The summed E-state index contributed by atoms with van der Waals surface area (Å²) >= 11 is 3.62. The third-order valence-corrected chi connectivity index (χ3v) is 4.19. The molecule has 0 atom stereocenters. The molecule has 1 heterocycles. The fraction of sp³-hybridized carbons (Fsp3) is 0.538. The average molecular weight is 284 g/mol. The van der Waals surface area contributed by atoms with Crippen LogP contribution in [0.15, 0.2) is 16.6 Å². The van der Waals surface area contributed by atoms with Crippen molar-refractivity contribution in [3.63, 3.8) is 0 Å². The lowest BCUT2D eigenvalue weighted by molar-refractivity contribution is 0.161. The van der Waals surface area contributed by atoms with Crippen molar-refractivity contribution < 1.29 is 4.74 Å². The number of halogens is 1. The van der Waals surface area contributed by atoms with Crippen LogP contribution >= 0.6 is 15.9 Å². The Morgan fingerprint density at radius 1 is 1.25 bits per heavy atom. The van der Waals surface area contributed by atoms with E-state index in [9.17, 15) is 0 Å². The third-order valence-electron chi connectivity index (χ3n) is 3.20. The van der Waals surface area contributed by atoms with E-state index >= 15 is 0 Å². The van der Waals surface area contributed by atoms with E-state index in [1.165, 1.54) is 11.1 Å². The lowest BCUT2D eigenvalue weighted by Gasteiger charge is -2.24. The van der Waals surface area contributed by atoms with Crippen molar-refractivity contribution in [3.05, 3.63) is 27.7 Å². The molecular formula is C13H18BrNO. The summed E-state index contributed by atoms with van der Waals surface area (Å²) in [7, 11) is 0. The maximum absolute atomic E-state index is 6.04. The van der Waals surface area contributed by atoms with Crippen LogP contribution < -0.4 is 10.1 Å². The largest absolute Gasteiger partial charge is 0.489 e. The van der Waals surface area contributed by atoms with Crippen LogP contribution in [-0.2, 0) is 0 Å².